The Bertz CT molecular complexity index is 1280. The number of benzene rings is 1. The van der Waals surface area contributed by atoms with Crippen molar-refractivity contribution in [3.63, 3.8) is 0 Å². The van der Waals surface area contributed by atoms with Gasteiger partial charge in [-0.2, -0.15) is 4.31 Å². The van der Waals surface area contributed by atoms with Crippen molar-refractivity contribution in [3.8, 4) is 5.75 Å². The molecule has 13 heteroatoms. The molecule has 1 aliphatic heterocycles. The summed E-state index contributed by atoms with van der Waals surface area (Å²) in [5.74, 6) is -5.62. The van der Waals surface area contributed by atoms with Crippen molar-refractivity contribution < 1.29 is 38.9 Å². The van der Waals surface area contributed by atoms with Gasteiger partial charge in [0, 0.05) is 24.5 Å². The second-order valence-electron chi connectivity index (χ2n) is 8.03. The molecule has 1 unspecified atom stereocenters. The van der Waals surface area contributed by atoms with Crippen LogP contribution in [0.3, 0.4) is 0 Å². The SMILES string of the molecule is COc1ccc2oc(C(=O)NCC(=O)NC3(O)CCCN(Sc4ccccn4)C(O)(O)C3=O)cc2c1. The molecule has 190 valence electrons. The van der Waals surface area contributed by atoms with E-state index in [1.165, 1.54) is 19.4 Å². The molecule has 4 rings (SSSR count). The standard InChI is InChI=1S/C23H24N4O8S/c1-34-15-6-7-16-14(11-15)12-17(35-16)20(29)25-13-18(28)26-22(31)8-4-10-27(23(32,33)21(22)30)36-19-5-2-3-9-24-19/h2-3,5-7,9,11-12,31-33H,4,8,10,13H2,1H3,(H,25,29)(H,26,28). The highest BCUT2D eigenvalue weighted by Crippen LogP contribution is 2.33. The summed E-state index contributed by atoms with van der Waals surface area (Å²) in [6.07, 6.45) is 1.37. The van der Waals surface area contributed by atoms with E-state index in [-0.39, 0.29) is 25.1 Å². The third kappa shape index (κ3) is 5.34. The Morgan fingerprint density at radius 2 is 2.03 bits per heavy atom. The summed E-state index contributed by atoms with van der Waals surface area (Å²) < 4.78 is 11.6. The van der Waals surface area contributed by atoms with E-state index in [1.807, 2.05) is 0 Å². The summed E-state index contributed by atoms with van der Waals surface area (Å²) in [4.78, 5) is 41.9. The molecule has 1 saturated heterocycles. The van der Waals surface area contributed by atoms with Crippen molar-refractivity contribution in [1.82, 2.24) is 19.9 Å². The third-order valence-corrected chi connectivity index (χ3v) is 6.56. The fourth-order valence-corrected chi connectivity index (χ4v) is 4.57. The van der Waals surface area contributed by atoms with E-state index < -0.39 is 35.8 Å². The van der Waals surface area contributed by atoms with Crippen LogP contribution in [0.25, 0.3) is 11.0 Å². The number of hydrogen-bond acceptors (Lipinski definition) is 11. The van der Waals surface area contributed by atoms with Crippen LogP contribution in [0.5, 0.6) is 5.75 Å². The number of furan rings is 1. The molecule has 1 fully saturated rings. The summed E-state index contributed by atoms with van der Waals surface area (Å²) in [6.45, 7) is -0.600. The van der Waals surface area contributed by atoms with E-state index in [2.05, 4.69) is 15.6 Å². The number of Topliss-reactive ketones (excluding diaryl/α,β-unsaturated/α-hetero) is 1. The molecule has 1 atom stereocenters. The predicted molar refractivity (Wildman–Crippen MR) is 126 cm³/mol. The van der Waals surface area contributed by atoms with Crippen LogP contribution in [0, 0.1) is 0 Å². The number of carbonyl (C=O) groups excluding carboxylic acids is 3. The van der Waals surface area contributed by atoms with E-state index in [4.69, 9.17) is 9.15 Å². The largest absolute Gasteiger partial charge is 0.497 e. The van der Waals surface area contributed by atoms with Gasteiger partial charge in [0.1, 0.15) is 16.4 Å². The van der Waals surface area contributed by atoms with Gasteiger partial charge in [0.25, 0.3) is 11.7 Å². The molecule has 0 bridgehead atoms. The first-order valence-electron chi connectivity index (χ1n) is 10.9. The average Bonchev–Trinajstić information content (AvgIpc) is 3.27. The molecule has 2 aromatic heterocycles. The van der Waals surface area contributed by atoms with Gasteiger partial charge in [-0.15, -0.1) is 0 Å². The number of aliphatic hydroxyl groups is 3. The van der Waals surface area contributed by atoms with Crippen LogP contribution in [-0.4, -0.2) is 74.0 Å². The number of ketones is 1. The highest BCUT2D eigenvalue weighted by molar-refractivity contribution is 7.97. The first kappa shape index (κ1) is 25.6. The Kier molecular flexibility index (Phi) is 7.28. The minimum absolute atomic E-state index is 0.00569. The highest BCUT2D eigenvalue weighted by atomic mass is 32.2. The van der Waals surface area contributed by atoms with Crippen molar-refractivity contribution in [2.45, 2.75) is 29.5 Å². The molecular weight excluding hydrogens is 492 g/mol. The third-order valence-electron chi connectivity index (χ3n) is 5.47. The van der Waals surface area contributed by atoms with Crippen LogP contribution in [0.4, 0.5) is 0 Å². The fraction of sp³-hybridized carbons (Fsp3) is 0.304. The molecule has 1 aliphatic rings. The molecule has 5 N–H and O–H groups in total. The van der Waals surface area contributed by atoms with E-state index >= 15 is 0 Å². The number of hydrogen-bond donors (Lipinski definition) is 5. The Morgan fingerprint density at radius 1 is 1.22 bits per heavy atom. The number of pyridine rings is 1. The molecule has 2 amide bonds. The lowest BCUT2D eigenvalue weighted by molar-refractivity contribution is -0.233. The quantitative estimate of drug-likeness (QED) is 0.217. The lowest BCUT2D eigenvalue weighted by Gasteiger charge is -2.34. The van der Waals surface area contributed by atoms with Crippen LogP contribution >= 0.6 is 11.9 Å². The fourth-order valence-electron chi connectivity index (χ4n) is 3.66. The Balaban J connectivity index is 1.39. The minimum Gasteiger partial charge on any atom is -0.497 e. The van der Waals surface area contributed by atoms with Gasteiger partial charge in [-0.05, 0) is 54.8 Å². The molecular formula is C23H24N4O8S. The normalized spacial score (nSPS) is 20.1. The van der Waals surface area contributed by atoms with Crippen LogP contribution in [0.15, 0.2) is 58.1 Å². The molecule has 0 spiro atoms. The van der Waals surface area contributed by atoms with Gasteiger partial charge in [0.15, 0.2) is 5.76 Å². The first-order valence-corrected chi connectivity index (χ1v) is 11.7. The van der Waals surface area contributed by atoms with Crippen molar-refractivity contribution in [1.29, 1.82) is 0 Å². The smallest absolute Gasteiger partial charge is 0.302 e. The average molecular weight is 517 g/mol. The number of carbonyl (C=O) groups is 3. The van der Waals surface area contributed by atoms with Gasteiger partial charge in [-0.25, -0.2) is 4.98 Å². The van der Waals surface area contributed by atoms with E-state index in [0.717, 1.165) is 16.3 Å². The maximum atomic E-state index is 12.9. The zero-order valence-corrected chi connectivity index (χ0v) is 19.9. The maximum absolute atomic E-state index is 12.9. The number of aromatic nitrogens is 1. The highest BCUT2D eigenvalue weighted by Gasteiger charge is 2.55. The number of rotatable bonds is 7. The number of fused-ring (bicyclic) bond motifs is 1. The lowest BCUT2D eigenvalue weighted by atomic mass is 10.0. The maximum Gasteiger partial charge on any atom is 0.302 e. The Labute approximate surface area is 209 Å². The number of amides is 2. The van der Waals surface area contributed by atoms with Gasteiger partial charge in [0.05, 0.1) is 13.7 Å². The van der Waals surface area contributed by atoms with Gasteiger partial charge in [-0.3, -0.25) is 14.4 Å². The molecule has 0 aliphatic carbocycles. The second-order valence-corrected chi connectivity index (χ2v) is 9.08. The zero-order valence-electron chi connectivity index (χ0n) is 19.1. The topological polar surface area (TPSA) is 174 Å². The van der Waals surface area contributed by atoms with Crippen molar-refractivity contribution in [2.75, 3.05) is 20.2 Å². The molecule has 3 heterocycles. The van der Waals surface area contributed by atoms with Crippen LogP contribution in [-0.2, 0) is 9.59 Å². The molecule has 36 heavy (non-hydrogen) atoms. The number of methoxy groups -OCH3 is 1. The summed E-state index contributed by atoms with van der Waals surface area (Å²) in [7, 11) is 1.51. The molecule has 12 nitrogen and oxygen atoms in total. The van der Waals surface area contributed by atoms with Gasteiger partial charge < -0.3 is 35.1 Å². The lowest BCUT2D eigenvalue weighted by Crippen LogP contribution is -2.65. The van der Waals surface area contributed by atoms with E-state index in [0.29, 0.717) is 21.7 Å². The van der Waals surface area contributed by atoms with Crippen LogP contribution < -0.4 is 15.4 Å². The van der Waals surface area contributed by atoms with E-state index in [1.54, 1.807) is 36.4 Å². The second kappa shape index (κ2) is 10.2. The van der Waals surface area contributed by atoms with E-state index in [9.17, 15) is 29.7 Å². The predicted octanol–water partition coefficient (Wildman–Crippen LogP) is 0.382. The van der Waals surface area contributed by atoms with Crippen LogP contribution in [0.1, 0.15) is 23.4 Å². The van der Waals surface area contributed by atoms with Crippen molar-refractivity contribution >= 4 is 40.5 Å². The van der Waals surface area contributed by atoms with Crippen molar-refractivity contribution in [2.24, 2.45) is 0 Å². The summed E-state index contributed by atoms with van der Waals surface area (Å²) in [5.41, 5.74) is -2.13. The Hall–Kier alpha value is -3.49. The molecule has 0 saturated carbocycles. The Morgan fingerprint density at radius 3 is 2.75 bits per heavy atom. The molecule has 0 radical (unpaired) electrons. The molecule has 3 aromatic rings. The summed E-state index contributed by atoms with van der Waals surface area (Å²) in [5, 5.41) is 37.4. The number of nitrogens with one attached hydrogen (secondary N) is 2. The van der Waals surface area contributed by atoms with Gasteiger partial charge >= 0.3 is 5.91 Å². The monoisotopic (exact) mass is 516 g/mol. The number of nitrogens with zero attached hydrogens (tertiary/aromatic N) is 2. The zero-order chi connectivity index (χ0) is 25.9. The van der Waals surface area contributed by atoms with Crippen molar-refractivity contribution in [3.05, 3.63) is 54.4 Å². The summed E-state index contributed by atoms with van der Waals surface area (Å²) >= 11 is 0.826. The van der Waals surface area contributed by atoms with Crippen LogP contribution in [0.2, 0.25) is 0 Å². The summed E-state index contributed by atoms with van der Waals surface area (Å²) in [6, 6.07) is 11.5. The first-order chi connectivity index (χ1) is 17.1. The molecule has 1 aromatic carbocycles. The number of ether oxygens (including phenoxy) is 1. The van der Waals surface area contributed by atoms with Gasteiger partial charge in [0.2, 0.25) is 11.6 Å². The van der Waals surface area contributed by atoms with Gasteiger partial charge in [-0.1, -0.05) is 6.07 Å². The minimum atomic E-state index is -3.10.